The van der Waals surface area contributed by atoms with Gasteiger partial charge in [0.2, 0.25) is 11.8 Å². The first-order valence-electron chi connectivity index (χ1n) is 10.2. The van der Waals surface area contributed by atoms with E-state index in [9.17, 15) is 14.4 Å². The number of imide groups is 1. The Labute approximate surface area is 183 Å². The zero-order valence-electron chi connectivity index (χ0n) is 17.5. The first kappa shape index (κ1) is 21.1. The van der Waals surface area contributed by atoms with Gasteiger partial charge in [-0.05, 0) is 55.8 Å². The summed E-state index contributed by atoms with van der Waals surface area (Å²) in [6.45, 7) is 5.73. The van der Waals surface area contributed by atoms with Crippen molar-refractivity contribution in [1.29, 1.82) is 0 Å². The fourth-order valence-electron chi connectivity index (χ4n) is 3.55. The fourth-order valence-corrected chi connectivity index (χ4v) is 4.70. The maximum Gasteiger partial charge on any atom is 0.279 e. The Morgan fingerprint density at radius 2 is 1.81 bits per heavy atom. The number of carbonyl (C=O) groups is 3. The average molecular weight is 438 g/mol. The first-order valence-corrected chi connectivity index (χ1v) is 11.0. The van der Waals surface area contributed by atoms with E-state index in [0.29, 0.717) is 35.8 Å². The third kappa shape index (κ3) is 4.35. The van der Waals surface area contributed by atoms with Crippen LogP contribution in [-0.4, -0.2) is 35.5 Å². The predicted octanol–water partition coefficient (Wildman–Crippen LogP) is 3.44. The maximum atomic E-state index is 12.8. The van der Waals surface area contributed by atoms with Crippen molar-refractivity contribution in [2.24, 2.45) is 4.99 Å². The highest BCUT2D eigenvalue weighted by molar-refractivity contribution is 7.16. The summed E-state index contributed by atoms with van der Waals surface area (Å²) in [7, 11) is 0. The SMILES string of the molecule is CCOCCn1c(=NC(=O)c2ccc(N3C(=O)CCC3=O)cc2)sc2cc(C)ccc21. The van der Waals surface area contributed by atoms with Gasteiger partial charge >= 0.3 is 0 Å². The van der Waals surface area contributed by atoms with Gasteiger partial charge in [0.05, 0.1) is 22.5 Å². The van der Waals surface area contributed by atoms with Gasteiger partial charge in [-0.1, -0.05) is 17.4 Å². The van der Waals surface area contributed by atoms with Crippen molar-refractivity contribution in [3.05, 3.63) is 58.4 Å². The largest absolute Gasteiger partial charge is 0.380 e. The molecule has 0 unspecified atom stereocenters. The smallest absolute Gasteiger partial charge is 0.279 e. The van der Waals surface area contributed by atoms with Crippen LogP contribution in [0.4, 0.5) is 5.69 Å². The summed E-state index contributed by atoms with van der Waals surface area (Å²) in [5, 5.41) is 0. The second-order valence-corrected chi connectivity index (χ2v) is 8.30. The molecule has 0 N–H and O–H groups in total. The second kappa shape index (κ2) is 8.95. The van der Waals surface area contributed by atoms with E-state index in [-0.39, 0.29) is 30.6 Å². The van der Waals surface area contributed by atoms with Crippen LogP contribution in [0.5, 0.6) is 0 Å². The summed E-state index contributed by atoms with van der Waals surface area (Å²) in [4.78, 5) is 42.8. The highest BCUT2D eigenvalue weighted by Gasteiger charge is 2.30. The lowest BCUT2D eigenvalue weighted by atomic mass is 10.2. The molecule has 0 saturated carbocycles. The van der Waals surface area contributed by atoms with Crippen LogP contribution >= 0.6 is 11.3 Å². The Balaban J connectivity index is 1.66. The first-order chi connectivity index (χ1) is 15.0. The van der Waals surface area contributed by atoms with Crippen LogP contribution in [0.15, 0.2) is 47.5 Å². The molecular weight excluding hydrogens is 414 g/mol. The standard InChI is InChI=1S/C23H23N3O4S/c1-3-30-13-12-25-18-9-4-15(2)14-19(18)31-23(25)24-22(29)16-5-7-17(8-6-16)26-20(27)10-11-21(26)28/h4-9,14H,3,10-13H2,1-2H3. The number of benzene rings is 2. The van der Waals surface area contributed by atoms with Crippen molar-refractivity contribution in [3.63, 3.8) is 0 Å². The molecule has 31 heavy (non-hydrogen) atoms. The molecule has 3 amide bonds. The fraction of sp³-hybridized carbons (Fsp3) is 0.304. The maximum absolute atomic E-state index is 12.8. The molecule has 0 spiro atoms. The lowest BCUT2D eigenvalue weighted by molar-refractivity contribution is -0.121. The number of thiazole rings is 1. The molecule has 7 nitrogen and oxygen atoms in total. The van der Waals surface area contributed by atoms with Crippen molar-refractivity contribution >= 4 is 45.0 Å². The van der Waals surface area contributed by atoms with E-state index in [1.165, 1.54) is 16.2 Å². The molecule has 1 aliphatic heterocycles. The summed E-state index contributed by atoms with van der Waals surface area (Å²) in [6.07, 6.45) is 0.448. The molecule has 0 atom stereocenters. The number of anilines is 1. The van der Waals surface area contributed by atoms with Crippen molar-refractivity contribution in [3.8, 4) is 0 Å². The average Bonchev–Trinajstić information content (AvgIpc) is 3.26. The monoisotopic (exact) mass is 437 g/mol. The number of ether oxygens (including phenoxy) is 1. The Morgan fingerprint density at radius 3 is 2.48 bits per heavy atom. The van der Waals surface area contributed by atoms with Crippen LogP contribution in [0.3, 0.4) is 0 Å². The molecular formula is C23H23N3O4S. The van der Waals surface area contributed by atoms with Crippen molar-refractivity contribution in [2.45, 2.75) is 33.2 Å². The molecule has 1 aliphatic rings. The van der Waals surface area contributed by atoms with Gasteiger partial charge in [-0.3, -0.25) is 19.3 Å². The van der Waals surface area contributed by atoms with Gasteiger partial charge in [0, 0.05) is 31.6 Å². The number of hydrogen-bond donors (Lipinski definition) is 0. The molecule has 0 bridgehead atoms. The van der Waals surface area contributed by atoms with Crippen LogP contribution in [0.1, 0.15) is 35.7 Å². The van der Waals surface area contributed by atoms with E-state index >= 15 is 0 Å². The topological polar surface area (TPSA) is 81.0 Å². The van der Waals surface area contributed by atoms with Gasteiger partial charge < -0.3 is 9.30 Å². The van der Waals surface area contributed by atoms with Gasteiger partial charge in [-0.2, -0.15) is 4.99 Å². The molecule has 2 heterocycles. The highest BCUT2D eigenvalue weighted by atomic mass is 32.1. The van der Waals surface area contributed by atoms with E-state index in [0.717, 1.165) is 15.8 Å². The third-order valence-electron chi connectivity index (χ3n) is 5.12. The lowest BCUT2D eigenvalue weighted by Gasteiger charge is -2.13. The second-order valence-electron chi connectivity index (χ2n) is 7.29. The van der Waals surface area contributed by atoms with Gasteiger partial charge in [0.15, 0.2) is 4.80 Å². The van der Waals surface area contributed by atoms with Crippen LogP contribution in [0.25, 0.3) is 10.2 Å². The van der Waals surface area contributed by atoms with E-state index in [4.69, 9.17) is 4.74 Å². The predicted molar refractivity (Wildman–Crippen MR) is 119 cm³/mol. The molecule has 160 valence electrons. The number of amides is 3. The molecule has 3 aromatic rings. The van der Waals surface area contributed by atoms with Gasteiger partial charge in [0.1, 0.15) is 0 Å². The normalized spacial score (nSPS) is 14.8. The van der Waals surface area contributed by atoms with E-state index in [1.54, 1.807) is 24.3 Å². The molecule has 1 saturated heterocycles. The summed E-state index contributed by atoms with van der Waals surface area (Å²) >= 11 is 1.47. The Hall–Kier alpha value is -3.10. The molecule has 0 aliphatic carbocycles. The Morgan fingerprint density at radius 1 is 1.10 bits per heavy atom. The van der Waals surface area contributed by atoms with Gasteiger partial charge in [-0.15, -0.1) is 0 Å². The summed E-state index contributed by atoms with van der Waals surface area (Å²) in [5.74, 6) is -0.812. The number of aromatic nitrogens is 1. The minimum Gasteiger partial charge on any atom is -0.380 e. The third-order valence-corrected chi connectivity index (χ3v) is 6.16. The summed E-state index contributed by atoms with van der Waals surface area (Å²) < 4.78 is 8.56. The van der Waals surface area contributed by atoms with Crippen molar-refractivity contribution in [2.75, 3.05) is 18.1 Å². The van der Waals surface area contributed by atoms with Crippen molar-refractivity contribution < 1.29 is 19.1 Å². The van der Waals surface area contributed by atoms with Crippen LogP contribution in [0.2, 0.25) is 0 Å². The van der Waals surface area contributed by atoms with Crippen LogP contribution in [-0.2, 0) is 20.9 Å². The number of hydrogen-bond acceptors (Lipinski definition) is 5. The van der Waals surface area contributed by atoms with Gasteiger partial charge in [0.25, 0.3) is 5.91 Å². The Bertz CT molecular complexity index is 1210. The molecule has 1 aromatic heterocycles. The zero-order valence-corrected chi connectivity index (χ0v) is 18.3. The van der Waals surface area contributed by atoms with Crippen LogP contribution in [0, 0.1) is 6.92 Å². The highest BCUT2D eigenvalue weighted by Crippen LogP contribution is 2.23. The summed E-state index contributed by atoms with van der Waals surface area (Å²) in [6, 6.07) is 12.6. The minimum absolute atomic E-state index is 0.218. The molecule has 0 radical (unpaired) electrons. The molecule has 4 rings (SSSR count). The number of carbonyl (C=O) groups excluding carboxylic acids is 3. The van der Waals surface area contributed by atoms with Gasteiger partial charge in [-0.25, -0.2) is 0 Å². The lowest BCUT2D eigenvalue weighted by Crippen LogP contribution is -2.28. The summed E-state index contributed by atoms with van der Waals surface area (Å²) in [5.41, 5.74) is 3.04. The van der Waals surface area contributed by atoms with E-state index in [2.05, 4.69) is 11.1 Å². The minimum atomic E-state index is -0.376. The van der Waals surface area contributed by atoms with E-state index in [1.807, 2.05) is 30.5 Å². The molecule has 8 heteroatoms. The number of aryl methyl sites for hydroxylation is 1. The van der Waals surface area contributed by atoms with Crippen molar-refractivity contribution in [1.82, 2.24) is 4.57 Å². The number of fused-ring (bicyclic) bond motifs is 1. The molecule has 1 fully saturated rings. The number of nitrogens with zero attached hydrogens (tertiary/aromatic N) is 3. The quantitative estimate of drug-likeness (QED) is 0.437. The molecule has 2 aromatic carbocycles. The van der Waals surface area contributed by atoms with E-state index < -0.39 is 0 Å². The number of rotatable bonds is 6. The Kier molecular flexibility index (Phi) is 6.11. The van der Waals surface area contributed by atoms with Crippen LogP contribution < -0.4 is 9.70 Å². The zero-order chi connectivity index (χ0) is 22.0.